The second-order valence-corrected chi connectivity index (χ2v) is 6.64. The minimum absolute atomic E-state index is 0.0953. The van der Waals surface area contributed by atoms with Gasteiger partial charge < -0.3 is 15.2 Å². The smallest absolute Gasteiger partial charge is 0.237 e. The highest BCUT2D eigenvalue weighted by Crippen LogP contribution is 2.23. The van der Waals surface area contributed by atoms with Crippen molar-refractivity contribution in [2.45, 2.75) is 38.9 Å². The number of rotatable bonds is 5. The Morgan fingerprint density at radius 1 is 1.40 bits per heavy atom. The van der Waals surface area contributed by atoms with E-state index in [2.05, 4.69) is 35.1 Å². The van der Waals surface area contributed by atoms with Gasteiger partial charge in [0.2, 0.25) is 11.8 Å². The molecule has 2 amide bonds. The van der Waals surface area contributed by atoms with Gasteiger partial charge in [-0.1, -0.05) is 12.1 Å². The van der Waals surface area contributed by atoms with Crippen LogP contribution in [-0.4, -0.2) is 52.4 Å². The Balaban J connectivity index is 1.91. The van der Waals surface area contributed by atoms with Crippen LogP contribution < -0.4 is 10.6 Å². The van der Waals surface area contributed by atoms with Gasteiger partial charge in [0.1, 0.15) is 5.82 Å². The van der Waals surface area contributed by atoms with Crippen LogP contribution in [0.4, 0.5) is 0 Å². The fourth-order valence-corrected chi connectivity index (χ4v) is 3.41. The fraction of sp³-hybridized carbons (Fsp3) is 0.500. The summed E-state index contributed by atoms with van der Waals surface area (Å²) in [6, 6.07) is 7.86. The maximum atomic E-state index is 12.3. The van der Waals surface area contributed by atoms with Gasteiger partial charge in [-0.2, -0.15) is 0 Å². The molecule has 3 rings (SSSR count). The molecule has 1 fully saturated rings. The van der Waals surface area contributed by atoms with Crippen LogP contribution in [0.25, 0.3) is 11.0 Å². The molecule has 0 unspecified atom stereocenters. The van der Waals surface area contributed by atoms with Gasteiger partial charge in [0.25, 0.3) is 0 Å². The van der Waals surface area contributed by atoms with Gasteiger partial charge in [-0.3, -0.25) is 14.5 Å². The Bertz CT molecular complexity index is 783. The molecule has 7 heteroatoms. The Morgan fingerprint density at radius 2 is 2.16 bits per heavy atom. The first-order valence-corrected chi connectivity index (χ1v) is 8.69. The zero-order valence-corrected chi connectivity index (χ0v) is 15.0. The van der Waals surface area contributed by atoms with E-state index in [1.807, 2.05) is 23.1 Å². The molecule has 1 aliphatic rings. The summed E-state index contributed by atoms with van der Waals surface area (Å²) < 4.78 is 2.21. The van der Waals surface area contributed by atoms with Crippen LogP contribution in [0.3, 0.4) is 0 Å². The van der Waals surface area contributed by atoms with E-state index in [4.69, 9.17) is 4.98 Å². The lowest BCUT2D eigenvalue weighted by Gasteiger charge is -2.34. The molecule has 2 N–H and O–H groups in total. The van der Waals surface area contributed by atoms with Crippen molar-refractivity contribution in [3.63, 3.8) is 0 Å². The molecule has 0 spiro atoms. The summed E-state index contributed by atoms with van der Waals surface area (Å²) in [5, 5.41) is 5.46. The number of fused-ring (bicyclic) bond motifs is 1. The van der Waals surface area contributed by atoms with E-state index < -0.39 is 6.04 Å². The van der Waals surface area contributed by atoms with Crippen LogP contribution in [0.1, 0.15) is 32.1 Å². The van der Waals surface area contributed by atoms with Crippen LogP contribution in [0.2, 0.25) is 0 Å². The average Bonchev–Trinajstić information content (AvgIpc) is 2.95. The molecule has 0 bridgehead atoms. The molecule has 1 aromatic carbocycles. The maximum absolute atomic E-state index is 12.3. The number of hydrogen-bond donors (Lipinski definition) is 2. The van der Waals surface area contributed by atoms with Crippen molar-refractivity contribution in [3.8, 4) is 0 Å². The third-order valence-corrected chi connectivity index (χ3v) is 4.63. The lowest BCUT2D eigenvalue weighted by molar-refractivity contribution is -0.134. The first kappa shape index (κ1) is 17.4. The SMILES string of the molecule is CNC(=O)C[C@@H]1C(=O)NCCN1Cc1nc2ccccc2n1C(C)C. The van der Waals surface area contributed by atoms with Crippen LogP contribution in [0.5, 0.6) is 0 Å². The van der Waals surface area contributed by atoms with E-state index in [0.29, 0.717) is 19.6 Å². The highest BCUT2D eigenvalue weighted by Gasteiger charge is 2.32. The molecule has 0 radical (unpaired) electrons. The topological polar surface area (TPSA) is 79.3 Å². The van der Waals surface area contributed by atoms with Crippen molar-refractivity contribution in [2.24, 2.45) is 0 Å². The van der Waals surface area contributed by atoms with Crippen molar-refractivity contribution in [1.29, 1.82) is 0 Å². The van der Waals surface area contributed by atoms with Gasteiger partial charge in [0.15, 0.2) is 0 Å². The van der Waals surface area contributed by atoms with E-state index in [-0.39, 0.29) is 24.3 Å². The summed E-state index contributed by atoms with van der Waals surface area (Å²) in [5.41, 5.74) is 2.05. The Labute approximate surface area is 147 Å². The first-order valence-electron chi connectivity index (χ1n) is 8.69. The molecule has 1 saturated heterocycles. The Hall–Kier alpha value is -2.41. The summed E-state index contributed by atoms with van der Waals surface area (Å²) in [7, 11) is 1.59. The van der Waals surface area contributed by atoms with Gasteiger partial charge in [-0.25, -0.2) is 4.98 Å². The van der Waals surface area contributed by atoms with Gasteiger partial charge in [-0.05, 0) is 26.0 Å². The second-order valence-electron chi connectivity index (χ2n) is 6.64. The molecule has 0 aliphatic carbocycles. The zero-order chi connectivity index (χ0) is 18.0. The lowest BCUT2D eigenvalue weighted by atomic mass is 10.1. The number of nitrogens with zero attached hydrogens (tertiary/aromatic N) is 3. The van der Waals surface area contributed by atoms with E-state index in [9.17, 15) is 9.59 Å². The predicted octanol–water partition coefficient (Wildman–Crippen LogP) is 1.05. The number of carbonyl (C=O) groups is 2. The highest BCUT2D eigenvalue weighted by atomic mass is 16.2. The van der Waals surface area contributed by atoms with Crippen molar-refractivity contribution in [2.75, 3.05) is 20.1 Å². The van der Waals surface area contributed by atoms with Crippen LogP contribution in [-0.2, 0) is 16.1 Å². The number of piperazine rings is 1. The van der Waals surface area contributed by atoms with Gasteiger partial charge in [0.05, 0.1) is 30.0 Å². The average molecular weight is 343 g/mol. The second kappa shape index (κ2) is 7.23. The molecule has 1 aliphatic heterocycles. The molecule has 2 heterocycles. The summed E-state index contributed by atoms with van der Waals surface area (Å²) in [6.07, 6.45) is 0.157. The van der Waals surface area contributed by atoms with Gasteiger partial charge in [0, 0.05) is 26.2 Å². The van der Waals surface area contributed by atoms with E-state index in [0.717, 1.165) is 16.9 Å². The number of hydrogen-bond acceptors (Lipinski definition) is 4. The Morgan fingerprint density at radius 3 is 2.88 bits per heavy atom. The Kier molecular flexibility index (Phi) is 5.03. The molecular formula is C18H25N5O2. The molecule has 2 aromatic rings. The first-order chi connectivity index (χ1) is 12.0. The molecule has 7 nitrogen and oxygen atoms in total. The monoisotopic (exact) mass is 343 g/mol. The molecule has 1 aromatic heterocycles. The zero-order valence-electron chi connectivity index (χ0n) is 15.0. The van der Waals surface area contributed by atoms with Crippen LogP contribution in [0.15, 0.2) is 24.3 Å². The fourth-order valence-electron chi connectivity index (χ4n) is 3.41. The van der Waals surface area contributed by atoms with E-state index in [1.54, 1.807) is 7.05 Å². The van der Waals surface area contributed by atoms with Crippen molar-refractivity contribution in [1.82, 2.24) is 25.1 Å². The standard InChI is InChI=1S/C18H25N5O2/c1-12(2)23-14-7-5-4-6-13(14)21-16(23)11-22-9-8-20-18(25)15(22)10-17(24)19-3/h4-7,12,15H,8-11H2,1-3H3,(H,19,24)(H,20,25)/t15-/m1/s1. The molecule has 25 heavy (non-hydrogen) atoms. The maximum Gasteiger partial charge on any atom is 0.237 e. The van der Waals surface area contributed by atoms with Gasteiger partial charge >= 0.3 is 0 Å². The van der Waals surface area contributed by atoms with Crippen molar-refractivity contribution in [3.05, 3.63) is 30.1 Å². The van der Waals surface area contributed by atoms with E-state index >= 15 is 0 Å². The minimum Gasteiger partial charge on any atom is -0.359 e. The van der Waals surface area contributed by atoms with Crippen LogP contribution in [0, 0.1) is 0 Å². The summed E-state index contributed by atoms with van der Waals surface area (Å²) in [4.78, 5) is 30.9. The molecule has 134 valence electrons. The predicted molar refractivity (Wildman–Crippen MR) is 96.0 cm³/mol. The normalized spacial score (nSPS) is 18.6. The summed E-state index contributed by atoms with van der Waals surface area (Å²) >= 11 is 0. The highest BCUT2D eigenvalue weighted by molar-refractivity contribution is 5.88. The van der Waals surface area contributed by atoms with Gasteiger partial charge in [-0.15, -0.1) is 0 Å². The molecule has 1 atom stereocenters. The number of aromatic nitrogens is 2. The minimum atomic E-state index is -0.464. The third-order valence-electron chi connectivity index (χ3n) is 4.63. The number of para-hydroxylation sites is 2. The van der Waals surface area contributed by atoms with Crippen molar-refractivity contribution >= 4 is 22.8 Å². The third kappa shape index (κ3) is 3.51. The number of imidazole rings is 1. The largest absolute Gasteiger partial charge is 0.359 e. The van der Waals surface area contributed by atoms with E-state index in [1.165, 1.54) is 0 Å². The summed E-state index contributed by atoms with van der Waals surface area (Å²) in [5.74, 6) is 0.694. The summed E-state index contributed by atoms with van der Waals surface area (Å²) in [6.45, 7) is 6.09. The van der Waals surface area contributed by atoms with Crippen LogP contribution >= 0.6 is 0 Å². The quantitative estimate of drug-likeness (QED) is 0.851. The number of nitrogens with one attached hydrogen (secondary N) is 2. The molecule has 0 saturated carbocycles. The molecular weight excluding hydrogens is 318 g/mol. The van der Waals surface area contributed by atoms with Crippen molar-refractivity contribution < 1.29 is 9.59 Å². The number of carbonyl (C=O) groups excluding carboxylic acids is 2. The number of amides is 2. The number of benzene rings is 1. The lowest BCUT2D eigenvalue weighted by Crippen LogP contribution is -2.56.